The molecule has 12 nitrogen and oxygen atoms in total. The largest absolute Gasteiger partial charge is 0.369 e. The number of aliphatic imine (C=N–C) groups is 2. The summed E-state index contributed by atoms with van der Waals surface area (Å²) in [7, 11) is 0. The fraction of sp³-hybridized carbons (Fsp3) is 0.667. The molecule has 0 aliphatic carbocycles. The molecule has 0 saturated carbocycles. The summed E-state index contributed by atoms with van der Waals surface area (Å²) in [4.78, 5) is 9.50. The summed E-state index contributed by atoms with van der Waals surface area (Å²) < 4.78 is 0. The zero-order valence-corrected chi connectivity index (χ0v) is 9.43. The van der Waals surface area contributed by atoms with Crippen molar-refractivity contribution >= 4 is 11.9 Å². The van der Waals surface area contributed by atoms with Crippen LogP contribution in [0.3, 0.4) is 0 Å². The Labute approximate surface area is 102 Å². The van der Waals surface area contributed by atoms with Crippen LogP contribution in [0.4, 0.5) is 0 Å². The van der Waals surface area contributed by atoms with E-state index in [0.29, 0.717) is 25.6 Å². The maximum absolute atomic E-state index is 8.59. The molecule has 0 fully saturated rings. The number of hydrogen-bond donors (Lipinski definition) is 7. The summed E-state index contributed by atoms with van der Waals surface area (Å²) in [6.45, 7) is 1.79. The first-order valence-corrected chi connectivity index (χ1v) is 4.97. The zero-order chi connectivity index (χ0) is 13.5. The van der Waals surface area contributed by atoms with E-state index >= 15 is 0 Å². The minimum absolute atomic E-state index is 0.170. The molecule has 0 aromatic rings. The first-order valence-electron chi connectivity index (χ1n) is 4.97. The Balaban J connectivity index is 2.33. The van der Waals surface area contributed by atoms with Crippen LogP contribution in [0, 0.1) is 0 Å². The van der Waals surface area contributed by atoms with E-state index < -0.39 is 0 Å². The maximum Gasteiger partial charge on any atom is 0.212 e. The SMILES string of the molecule is NC(=NCCN1CCN=C1NN(O)O)NN(O)O. The smallest absolute Gasteiger partial charge is 0.212 e. The molecule has 0 atom stereocenters. The summed E-state index contributed by atoms with van der Waals surface area (Å²) in [5.41, 5.74) is 9.43. The lowest BCUT2D eigenvalue weighted by molar-refractivity contribution is -0.330. The summed E-state index contributed by atoms with van der Waals surface area (Å²) >= 11 is 0. The van der Waals surface area contributed by atoms with Gasteiger partial charge in [-0.05, 0) is 0 Å². The Morgan fingerprint density at radius 2 is 2.11 bits per heavy atom. The van der Waals surface area contributed by atoms with Gasteiger partial charge in [0.05, 0.1) is 13.1 Å². The predicted molar refractivity (Wildman–Crippen MR) is 57.5 cm³/mol. The summed E-state index contributed by atoms with van der Waals surface area (Å²) in [6, 6.07) is 0. The average molecular weight is 264 g/mol. The predicted octanol–water partition coefficient (Wildman–Crippen LogP) is -2.86. The van der Waals surface area contributed by atoms with E-state index in [2.05, 4.69) is 15.4 Å². The molecule has 18 heavy (non-hydrogen) atoms. The van der Waals surface area contributed by atoms with Crippen LogP contribution in [0.15, 0.2) is 9.98 Å². The number of rotatable bonds is 5. The fourth-order valence-electron chi connectivity index (χ4n) is 1.32. The highest BCUT2D eigenvalue weighted by molar-refractivity contribution is 5.81. The Hall–Kier alpha value is -1.70. The maximum atomic E-state index is 8.59. The van der Waals surface area contributed by atoms with Gasteiger partial charge in [0.1, 0.15) is 0 Å². The molecule has 12 heteroatoms. The second-order valence-electron chi connectivity index (χ2n) is 3.26. The van der Waals surface area contributed by atoms with Gasteiger partial charge in [-0.1, -0.05) is 0 Å². The fourth-order valence-corrected chi connectivity index (χ4v) is 1.32. The Bertz CT molecular complexity index is 319. The molecule has 0 spiro atoms. The lowest BCUT2D eigenvalue weighted by Crippen LogP contribution is -2.46. The normalized spacial score (nSPS) is 16.4. The molecular formula is C6H16N8O4. The Morgan fingerprint density at radius 1 is 1.39 bits per heavy atom. The van der Waals surface area contributed by atoms with E-state index in [1.807, 2.05) is 5.43 Å². The molecule has 1 aliphatic heterocycles. The van der Waals surface area contributed by atoms with Gasteiger partial charge in [-0.15, -0.1) is 0 Å². The van der Waals surface area contributed by atoms with Gasteiger partial charge in [0.2, 0.25) is 11.9 Å². The highest BCUT2D eigenvalue weighted by Gasteiger charge is 2.17. The van der Waals surface area contributed by atoms with Gasteiger partial charge in [-0.2, -0.15) is 0 Å². The highest BCUT2D eigenvalue weighted by atomic mass is 16.8. The lowest BCUT2D eigenvalue weighted by Gasteiger charge is -2.20. The molecule has 104 valence electrons. The van der Waals surface area contributed by atoms with Crippen molar-refractivity contribution in [3.63, 3.8) is 0 Å². The van der Waals surface area contributed by atoms with E-state index in [1.165, 1.54) is 0 Å². The number of guanidine groups is 2. The van der Waals surface area contributed by atoms with Gasteiger partial charge in [-0.3, -0.25) is 30.8 Å². The number of hydrogen-bond acceptors (Lipinski definition) is 10. The topological polar surface area (TPSA) is 165 Å². The van der Waals surface area contributed by atoms with Crippen molar-refractivity contribution in [2.24, 2.45) is 15.7 Å². The molecule has 0 radical (unpaired) electrons. The van der Waals surface area contributed by atoms with Crippen molar-refractivity contribution in [2.45, 2.75) is 0 Å². The number of hydrazine groups is 2. The zero-order valence-electron chi connectivity index (χ0n) is 9.43. The van der Waals surface area contributed by atoms with Crippen LogP contribution in [0.2, 0.25) is 0 Å². The van der Waals surface area contributed by atoms with Gasteiger partial charge in [0, 0.05) is 23.8 Å². The number of nitrogens with zero attached hydrogens (tertiary/aromatic N) is 5. The first-order chi connectivity index (χ1) is 8.49. The third kappa shape index (κ3) is 5.09. The van der Waals surface area contributed by atoms with Crippen molar-refractivity contribution in [2.75, 3.05) is 26.2 Å². The molecule has 1 rings (SSSR count). The average Bonchev–Trinajstić information content (AvgIpc) is 2.63. The van der Waals surface area contributed by atoms with E-state index in [0.717, 1.165) is 0 Å². The van der Waals surface area contributed by atoms with Crippen molar-refractivity contribution in [3.05, 3.63) is 0 Å². The number of nitrogens with one attached hydrogen (secondary N) is 2. The standard InChI is InChI=1S/C6H16N8O4/c7-5(10-13(15)16)8-1-3-12-4-2-9-6(12)11-14(17)18/h15-18H,1-4H2,(H,9,11)(H3,7,8,10). The molecule has 8 N–H and O–H groups in total. The minimum atomic E-state index is -0.307. The lowest BCUT2D eigenvalue weighted by atomic mass is 10.5. The van der Waals surface area contributed by atoms with Crippen molar-refractivity contribution in [1.29, 1.82) is 0 Å². The van der Waals surface area contributed by atoms with Crippen LogP contribution >= 0.6 is 0 Å². The monoisotopic (exact) mass is 264 g/mol. The third-order valence-electron chi connectivity index (χ3n) is 2.00. The molecule has 0 bridgehead atoms. The Kier molecular flexibility index (Phi) is 5.50. The molecule has 0 aromatic carbocycles. The minimum Gasteiger partial charge on any atom is -0.369 e. The first kappa shape index (κ1) is 14.4. The third-order valence-corrected chi connectivity index (χ3v) is 2.00. The highest BCUT2D eigenvalue weighted by Crippen LogP contribution is 1.99. The van der Waals surface area contributed by atoms with Crippen LogP contribution < -0.4 is 16.6 Å². The summed E-state index contributed by atoms with van der Waals surface area (Å²) in [6.07, 6.45) is 0. The van der Waals surface area contributed by atoms with Crippen molar-refractivity contribution in [3.8, 4) is 0 Å². The Morgan fingerprint density at radius 3 is 2.72 bits per heavy atom. The second-order valence-corrected chi connectivity index (χ2v) is 3.26. The molecule has 0 aromatic heterocycles. The molecule has 0 amide bonds. The van der Waals surface area contributed by atoms with E-state index in [-0.39, 0.29) is 23.2 Å². The van der Waals surface area contributed by atoms with E-state index in [9.17, 15) is 0 Å². The molecule has 0 saturated heterocycles. The van der Waals surface area contributed by atoms with Crippen molar-refractivity contribution < 1.29 is 20.8 Å². The van der Waals surface area contributed by atoms with Gasteiger partial charge in [0.15, 0.2) is 0 Å². The quantitative estimate of drug-likeness (QED) is 0.156. The van der Waals surface area contributed by atoms with Crippen LogP contribution in [0.1, 0.15) is 0 Å². The molecule has 0 unspecified atom stereocenters. The van der Waals surface area contributed by atoms with Gasteiger partial charge >= 0.3 is 0 Å². The van der Waals surface area contributed by atoms with Crippen LogP contribution in [0.5, 0.6) is 0 Å². The van der Waals surface area contributed by atoms with Crippen LogP contribution in [-0.2, 0) is 0 Å². The summed E-state index contributed by atoms with van der Waals surface area (Å²) in [5.74, 6) is 0.129. The molecular weight excluding hydrogens is 248 g/mol. The molecule has 1 aliphatic rings. The molecule has 1 heterocycles. The van der Waals surface area contributed by atoms with Crippen molar-refractivity contribution in [1.82, 2.24) is 26.4 Å². The van der Waals surface area contributed by atoms with Crippen LogP contribution in [0.25, 0.3) is 0 Å². The van der Waals surface area contributed by atoms with E-state index in [4.69, 9.17) is 26.6 Å². The van der Waals surface area contributed by atoms with E-state index in [1.54, 1.807) is 4.90 Å². The number of nitrogens with two attached hydrogens (primary N) is 1. The van der Waals surface area contributed by atoms with Crippen LogP contribution in [-0.4, -0.2) is 74.5 Å². The summed E-state index contributed by atoms with van der Waals surface area (Å²) in [5, 5.41) is 33.5. The van der Waals surface area contributed by atoms with Gasteiger partial charge in [0.25, 0.3) is 0 Å². The second kappa shape index (κ2) is 6.90. The van der Waals surface area contributed by atoms with Gasteiger partial charge in [-0.25, -0.2) is 10.9 Å². The van der Waals surface area contributed by atoms with Gasteiger partial charge < -0.3 is 10.6 Å².